The second kappa shape index (κ2) is 7.80. The van der Waals surface area contributed by atoms with E-state index in [0.29, 0.717) is 16.8 Å². The van der Waals surface area contributed by atoms with Crippen molar-refractivity contribution in [1.82, 2.24) is 4.98 Å². The molecule has 2 N–H and O–H groups in total. The van der Waals surface area contributed by atoms with Gasteiger partial charge in [0.2, 0.25) is 0 Å². The number of aryl methyl sites for hydroxylation is 1. The molecule has 144 valence electrons. The van der Waals surface area contributed by atoms with Crippen molar-refractivity contribution in [2.24, 2.45) is 5.73 Å². The van der Waals surface area contributed by atoms with E-state index in [-0.39, 0.29) is 29.7 Å². The fraction of sp³-hybridized carbons (Fsp3) is 0.143. The summed E-state index contributed by atoms with van der Waals surface area (Å²) in [6.07, 6.45) is 0.0816. The second-order valence-corrected chi connectivity index (χ2v) is 6.53. The van der Waals surface area contributed by atoms with Gasteiger partial charge in [-0.2, -0.15) is 0 Å². The zero-order chi connectivity index (χ0) is 20.4. The third-order valence-corrected chi connectivity index (χ3v) is 4.19. The van der Waals surface area contributed by atoms with E-state index >= 15 is 0 Å². The number of halogens is 4. The van der Waals surface area contributed by atoms with E-state index in [0.717, 1.165) is 24.3 Å². The number of carbonyl (C=O) groups excluding carboxylic acids is 1. The molecule has 0 fully saturated rings. The van der Waals surface area contributed by atoms with Crippen molar-refractivity contribution in [3.8, 4) is 0 Å². The summed E-state index contributed by atoms with van der Waals surface area (Å²) in [4.78, 5) is 16.2. The molecule has 2 aromatic carbocycles. The van der Waals surface area contributed by atoms with Crippen molar-refractivity contribution in [2.75, 3.05) is 0 Å². The molecule has 0 saturated carbocycles. The monoisotopic (exact) mass is 388 g/mol. The molecule has 0 atom stereocenters. The van der Waals surface area contributed by atoms with Gasteiger partial charge in [0.15, 0.2) is 0 Å². The molecule has 1 aromatic heterocycles. The first kappa shape index (κ1) is 19.5. The fourth-order valence-electron chi connectivity index (χ4n) is 3.19. The van der Waals surface area contributed by atoms with Gasteiger partial charge >= 0.3 is 0 Å². The highest BCUT2D eigenvalue weighted by molar-refractivity contribution is 5.95. The Morgan fingerprint density at radius 1 is 0.821 bits per heavy atom. The molecule has 0 spiro atoms. The maximum atomic E-state index is 13.5. The Morgan fingerprint density at radius 3 is 1.75 bits per heavy atom. The first-order valence-electron chi connectivity index (χ1n) is 8.40. The number of carbonyl (C=O) groups is 1. The minimum Gasteiger partial charge on any atom is -0.366 e. The molecule has 0 aliphatic heterocycles. The summed E-state index contributed by atoms with van der Waals surface area (Å²) in [5, 5.41) is 0. The van der Waals surface area contributed by atoms with Gasteiger partial charge in [0.1, 0.15) is 23.3 Å². The molecule has 0 unspecified atom stereocenters. The maximum absolute atomic E-state index is 13.5. The van der Waals surface area contributed by atoms with E-state index in [1.165, 1.54) is 12.1 Å². The topological polar surface area (TPSA) is 56.0 Å². The number of pyridine rings is 1. The minimum atomic E-state index is -0.751. The van der Waals surface area contributed by atoms with E-state index in [9.17, 15) is 22.4 Å². The van der Waals surface area contributed by atoms with Crippen LogP contribution in [0.15, 0.2) is 42.5 Å². The third-order valence-electron chi connectivity index (χ3n) is 4.19. The number of benzene rings is 2. The van der Waals surface area contributed by atoms with Crippen LogP contribution in [-0.4, -0.2) is 10.9 Å². The van der Waals surface area contributed by atoms with Crippen molar-refractivity contribution in [3.63, 3.8) is 0 Å². The van der Waals surface area contributed by atoms with Gasteiger partial charge in [-0.1, -0.05) is 0 Å². The average molecular weight is 388 g/mol. The van der Waals surface area contributed by atoms with Crippen LogP contribution in [0.25, 0.3) is 0 Å². The molecular weight excluding hydrogens is 372 g/mol. The quantitative estimate of drug-likeness (QED) is 0.665. The lowest BCUT2D eigenvalue weighted by Gasteiger charge is -2.13. The van der Waals surface area contributed by atoms with Crippen LogP contribution in [0, 0.1) is 30.2 Å². The first-order chi connectivity index (χ1) is 13.2. The average Bonchev–Trinajstić information content (AvgIpc) is 2.51. The minimum absolute atomic E-state index is 0.0286. The highest BCUT2D eigenvalue weighted by atomic mass is 19.1. The molecule has 0 bridgehead atoms. The molecule has 0 saturated heterocycles. The van der Waals surface area contributed by atoms with Gasteiger partial charge in [-0.25, -0.2) is 17.6 Å². The predicted molar refractivity (Wildman–Crippen MR) is 95.8 cm³/mol. The van der Waals surface area contributed by atoms with Crippen molar-refractivity contribution in [2.45, 2.75) is 19.8 Å². The molecular formula is C21H16F4N2O. The summed E-state index contributed by atoms with van der Waals surface area (Å²) in [5.74, 6) is -3.65. The molecule has 0 radical (unpaired) electrons. The summed E-state index contributed by atoms with van der Waals surface area (Å²) in [6, 6.07) is 7.75. The van der Waals surface area contributed by atoms with Crippen molar-refractivity contribution in [1.29, 1.82) is 0 Å². The Balaban J connectivity index is 2.03. The van der Waals surface area contributed by atoms with Gasteiger partial charge in [-0.3, -0.25) is 9.78 Å². The molecule has 3 rings (SSSR count). The van der Waals surface area contributed by atoms with Crippen LogP contribution in [0.4, 0.5) is 17.6 Å². The summed E-state index contributed by atoms with van der Waals surface area (Å²) in [6.45, 7) is 1.65. The van der Waals surface area contributed by atoms with E-state index < -0.39 is 29.2 Å². The summed E-state index contributed by atoms with van der Waals surface area (Å²) < 4.78 is 53.8. The van der Waals surface area contributed by atoms with Crippen molar-refractivity contribution >= 4 is 5.91 Å². The molecule has 28 heavy (non-hydrogen) atoms. The van der Waals surface area contributed by atoms with Crippen LogP contribution in [0.1, 0.15) is 38.4 Å². The summed E-state index contributed by atoms with van der Waals surface area (Å²) in [7, 11) is 0. The van der Waals surface area contributed by atoms with Crippen LogP contribution >= 0.6 is 0 Å². The van der Waals surface area contributed by atoms with Gasteiger partial charge in [0.05, 0.1) is 11.3 Å². The second-order valence-electron chi connectivity index (χ2n) is 6.53. The molecule has 0 aliphatic rings. The fourth-order valence-corrected chi connectivity index (χ4v) is 3.19. The van der Waals surface area contributed by atoms with Gasteiger partial charge in [-0.15, -0.1) is 0 Å². The zero-order valence-corrected chi connectivity index (χ0v) is 14.9. The number of hydrogen-bond acceptors (Lipinski definition) is 2. The van der Waals surface area contributed by atoms with Crippen LogP contribution < -0.4 is 5.73 Å². The molecule has 7 heteroatoms. The van der Waals surface area contributed by atoms with Gasteiger partial charge in [0, 0.05) is 30.7 Å². The highest BCUT2D eigenvalue weighted by Crippen LogP contribution is 2.21. The number of nitrogens with zero attached hydrogens (tertiary/aromatic N) is 1. The summed E-state index contributed by atoms with van der Waals surface area (Å²) in [5.41, 5.74) is 7.43. The van der Waals surface area contributed by atoms with Crippen LogP contribution in [0.3, 0.4) is 0 Å². The first-order valence-corrected chi connectivity index (χ1v) is 8.40. The number of rotatable bonds is 5. The van der Waals surface area contributed by atoms with Crippen LogP contribution in [0.5, 0.6) is 0 Å². The normalized spacial score (nSPS) is 10.9. The van der Waals surface area contributed by atoms with E-state index in [2.05, 4.69) is 4.98 Å². The molecule has 1 amide bonds. The SMILES string of the molecule is Cc1cc(Cc2cc(F)cc(F)c2)nc(Cc2cc(F)cc(F)c2)c1C(N)=O. The maximum Gasteiger partial charge on any atom is 0.250 e. The predicted octanol–water partition coefficient (Wildman–Crippen LogP) is 4.23. The number of primary amides is 1. The van der Waals surface area contributed by atoms with Gasteiger partial charge in [0.25, 0.3) is 5.91 Å². The lowest BCUT2D eigenvalue weighted by Crippen LogP contribution is -2.18. The van der Waals surface area contributed by atoms with E-state index in [1.54, 1.807) is 13.0 Å². The molecule has 0 aliphatic carbocycles. The van der Waals surface area contributed by atoms with Gasteiger partial charge < -0.3 is 5.73 Å². The number of aromatic nitrogens is 1. The molecule has 3 aromatic rings. The third kappa shape index (κ3) is 4.54. The van der Waals surface area contributed by atoms with E-state index in [1.807, 2.05) is 0 Å². The standard InChI is InChI=1S/C21H16F4N2O/c1-11-2-18(7-12-3-14(22)9-15(23)4-12)27-19(20(11)21(26)28)8-13-5-16(24)10-17(25)6-13/h2-6,9-10H,7-8H2,1H3,(H2,26,28). The zero-order valence-electron chi connectivity index (χ0n) is 14.9. The van der Waals surface area contributed by atoms with Crippen LogP contribution in [0.2, 0.25) is 0 Å². The lowest BCUT2D eigenvalue weighted by molar-refractivity contribution is 0.0998. The smallest absolute Gasteiger partial charge is 0.250 e. The highest BCUT2D eigenvalue weighted by Gasteiger charge is 2.17. The van der Waals surface area contributed by atoms with E-state index in [4.69, 9.17) is 5.73 Å². The van der Waals surface area contributed by atoms with Crippen molar-refractivity contribution < 1.29 is 22.4 Å². The Morgan fingerprint density at radius 2 is 1.29 bits per heavy atom. The number of amides is 1. The van der Waals surface area contributed by atoms with Crippen LogP contribution in [-0.2, 0) is 12.8 Å². The summed E-state index contributed by atoms with van der Waals surface area (Å²) >= 11 is 0. The molecule has 1 heterocycles. The largest absolute Gasteiger partial charge is 0.366 e. The Bertz CT molecular complexity index is 1030. The Kier molecular flexibility index (Phi) is 5.44. The Hall–Kier alpha value is -3.22. The Labute approximate surface area is 158 Å². The van der Waals surface area contributed by atoms with Gasteiger partial charge in [-0.05, 0) is 53.9 Å². The number of nitrogens with two attached hydrogens (primary N) is 1. The number of hydrogen-bond donors (Lipinski definition) is 1. The lowest BCUT2D eigenvalue weighted by atomic mass is 9.98. The van der Waals surface area contributed by atoms with Crippen molar-refractivity contribution in [3.05, 3.63) is 99.4 Å². The molecule has 3 nitrogen and oxygen atoms in total.